The van der Waals surface area contributed by atoms with Gasteiger partial charge < -0.3 is 19.7 Å². The number of carbonyl (C=O) groups is 2. The van der Waals surface area contributed by atoms with Crippen LogP contribution >= 0.6 is 0 Å². The van der Waals surface area contributed by atoms with Crippen molar-refractivity contribution in [3.8, 4) is 0 Å². The second-order valence-corrected chi connectivity index (χ2v) is 9.68. The molecule has 0 bridgehead atoms. The van der Waals surface area contributed by atoms with Gasteiger partial charge in [0.05, 0.1) is 19.3 Å². The van der Waals surface area contributed by atoms with E-state index < -0.39 is 29.9 Å². The Kier molecular flexibility index (Phi) is 7.81. The number of amides is 2. The maximum atomic E-state index is 14.6. The molecule has 2 heterocycles. The van der Waals surface area contributed by atoms with Gasteiger partial charge in [0.25, 0.3) is 5.91 Å². The molecule has 37 heavy (non-hydrogen) atoms. The Bertz CT molecular complexity index is 1150. The maximum Gasteiger partial charge on any atom is 0.407 e. The Morgan fingerprint density at radius 2 is 1.84 bits per heavy atom. The molecule has 1 saturated carbocycles. The summed E-state index contributed by atoms with van der Waals surface area (Å²) in [6.45, 7) is 4.16. The zero-order chi connectivity index (χ0) is 25.8. The van der Waals surface area contributed by atoms with E-state index in [9.17, 15) is 18.4 Å². The molecule has 1 aliphatic carbocycles. The summed E-state index contributed by atoms with van der Waals surface area (Å²) in [5, 5.41) is 2.76. The van der Waals surface area contributed by atoms with Crippen LogP contribution in [0.1, 0.15) is 30.0 Å². The van der Waals surface area contributed by atoms with Crippen LogP contribution in [0.2, 0.25) is 0 Å². The molecule has 9 heteroatoms. The number of nitrogens with one attached hydrogen (secondary N) is 1. The van der Waals surface area contributed by atoms with Crippen LogP contribution < -0.4 is 5.32 Å². The van der Waals surface area contributed by atoms with E-state index in [1.807, 2.05) is 30.3 Å². The lowest BCUT2D eigenvalue weighted by atomic mass is 10.0. The number of ether oxygens (including phenoxy) is 2. The van der Waals surface area contributed by atoms with Crippen molar-refractivity contribution in [2.24, 2.45) is 5.92 Å². The molecule has 1 N–H and O–H groups in total. The van der Waals surface area contributed by atoms with Gasteiger partial charge in [-0.25, -0.2) is 13.6 Å². The normalized spacial score (nSPS) is 20.9. The summed E-state index contributed by atoms with van der Waals surface area (Å²) in [5.74, 6) is -1.48. The summed E-state index contributed by atoms with van der Waals surface area (Å²) in [6, 6.07) is 12.2. The first-order valence-corrected chi connectivity index (χ1v) is 12.8. The molecule has 1 unspecified atom stereocenters. The number of hydrogen-bond acceptors (Lipinski definition) is 5. The van der Waals surface area contributed by atoms with Crippen LogP contribution in [0.5, 0.6) is 0 Å². The van der Waals surface area contributed by atoms with Gasteiger partial charge in [-0.2, -0.15) is 0 Å². The molecular formula is C28H31F2N3O4. The molecule has 0 radical (unpaired) electrons. The molecule has 1 saturated heterocycles. The van der Waals surface area contributed by atoms with Crippen molar-refractivity contribution >= 4 is 17.6 Å². The van der Waals surface area contributed by atoms with Crippen molar-refractivity contribution in [3.05, 3.63) is 77.4 Å². The van der Waals surface area contributed by atoms with Crippen molar-refractivity contribution in [2.75, 3.05) is 45.9 Å². The average molecular weight is 512 g/mol. The SMILES string of the molecule is O=C(NCCN1CCOCC1)OC(C(=O)N1CC(c2cc(F)ccc2F)=C[C@H]1c1ccccc1)C1CC1. The van der Waals surface area contributed by atoms with E-state index in [0.29, 0.717) is 31.9 Å². The van der Waals surface area contributed by atoms with E-state index in [-0.39, 0.29) is 23.9 Å². The molecule has 2 amide bonds. The molecule has 7 nitrogen and oxygen atoms in total. The van der Waals surface area contributed by atoms with Crippen LogP contribution in [0.4, 0.5) is 13.6 Å². The van der Waals surface area contributed by atoms with Crippen LogP contribution in [-0.4, -0.2) is 73.8 Å². The third-order valence-corrected chi connectivity index (χ3v) is 7.06. The summed E-state index contributed by atoms with van der Waals surface area (Å²) < 4.78 is 39.5. The highest BCUT2D eigenvalue weighted by Gasteiger charge is 2.44. The topological polar surface area (TPSA) is 71.1 Å². The molecule has 2 aliphatic heterocycles. The average Bonchev–Trinajstić information content (AvgIpc) is 3.67. The smallest absolute Gasteiger partial charge is 0.407 e. The van der Waals surface area contributed by atoms with Crippen LogP contribution in [0.15, 0.2) is 54.6 Å². The minimum atomic E-state index is -0.931. The molecular weight excluding hydrogens is 480 g/mol. The minimum absolute atomic E-state index is 0.0520. The Labute approximate surface area is 215 Å². The molecule has 2 fully saturated rings. The molecule has 0 spiro atoms. The standard InChI is InChI=1S/C28H31F2N3O4/c29-22-8-9-24(30)23(17-22)21-16-25(19-4-2-1-3-5-19)33(18-21)27(34)26(20-6-7-20)37-28(35)31-10-11-32-12-14-36-15-13-32/h1-5,8-9,16-17,20,25-26H,6-7,10-15,18H2,(H,31,35)/t25-,26?/m0/s1. The second kappa shape index (κ2) is 11.4. The maximum absolute atomic E-state index is 14.6. The lowest BCUT2D eigenvalue weighted by Gasteiger charge is -2.29. The molecule has 5 rings (SSSR count). The van der Waals surface area contributed by atoms with Crippen LogP contribution in [-0.2, 0) is 14.3 Å². The molecule has 0 aromatic heterocycles. The Morgan fingerprint density at radius 3 is 2.57 bits per heavy atom. The second-order valence-electron chi connectivity index (χ2n) is 9.68. The number of morpholine rings is 1. The largest absolute Gasteiger partial charge is 0.436 e. The summed E-state index contributed by atoms with van der Waals surface area (Å²) in [5.41, 5.74) is 1.48. The highest BCUT2D eigenvalue weighted by molar-refractivity contribution is 5.88. The first kappa shape index (κ1) is 25.4. The van der Waals surface area contributed by atoms with E-state index in [4.69, 9.17) is 9.47 Å². The molecule has 196 valence electrons. The molecule has 2 atom stereocenters. The quantitative estimate of drug-likeness (QED) is 0.585. The lowest BCUT2D eigenvalue weighted by molar-refractivity contribution is -0.142. The van der Waals surface area contributed by atoms with Gasteiger partial charge in [0.2, 0.25) is 0 Å². The van der Waals surface area contributed by atoms with E-state index in [1.165, 1.54) is 0 Å². The monoisotopic (exact) mass is 511 g/mol. The fraction of sp³-hybridized carbons (Fsp3) is 0.429. The number of halogens is 2. The summed E-state index contributed by atoms with van der Waals surface area (Å²) >= 11 is 0. The number of alkyl carbamates (subject to hydrolysis) is 1. The van der Waals surface area contributed by atoms with Crippen molar-refractivity contribution in [3.63, 3.8) is 0 Å². The number of carbonyl (C=O) groups excluding carboxylic acids is 2. The predicted molar refractivity (Wildman–Crippen MR) is 133 cm³/mol. The van der Waals surface area contributed by atoms with Gasteiger partial charge >= 0.3 is 6.09 Å². The van der Waals surface area contributed by atoms with Gasteiger partial charge in [-0.1, -0.05) is 36.4 Å². The highest BCUT2D eigenvalue weighted by Crippen LogP contribution is 2.40. The van der Waals surface area contributed by atoms with E-state index >= 15 is 0 Å². The third kappa shape index (κ3) is 6.17. The van der Waals surface area contributed by atoms with Gasteiger partial charge in [-0.05, 0) is 42.2 Å². The predicted octanol–water partition coefficient (Wildman–Crippen LogP) is 3.77. The first-order valence-electron chi connectivity index (χ1n) is 12.8. The Hall–Kier alpha value is -3.30. The lowest BCUT2D eigenvalue weighted by Crippen LogP contribution is -2.45. The van der Waals surface area contributed by atoms with Crippen molar-refractivity contribution in [1.29, 1.82) is 0 Å². The van der Waals surface area contributed by atoms with E-state index in [1.54, 1.807) is 11.0 Å². The van der Waals surface area contributed by atoms with Gasteiger partial charge in [-0.3, -0.25) is 9.69 Å². The fourth-order valence-corrected chi connectivity index (χ4v) is 4.88. The van der Waals surface area contributed by atoms with Gasteiger partial charge in [-0.15, -0.1) is 0 Å². The number of rotatable bonds is 8. The van der Waals surface area contributed by atoms with Gasteiger partial charge in [0.15, 0.2) is 6.10 Å². The van der Waals surface area contributed by atoms with Crippen LogP contribution in [0, 0.1) is 17.6 Å². The van der Waals surface area contributed by atoms with Crippen LogP contribution in [0.3, 0.4) is 0 Å². The molecule has 3 aliphatic rings. The van der Waals surface area contributed by atoms with Crippen molar-refractivity contribution in [2.45, 2.75) is 25.0 Å². The summed E-state index contributed by atoms with van der Waals surface area (Å²) in [7, 11) is 0. The Balaban J connectivity index is 1.30. The number of benzene rings is 2. The first-order chi connectivity index (χ1) is 18.0. The number of nitrogens with zero attached hydrogens (tertiary/aromatic N) is 2. The molecule has 2 aromatic carbocycles. The zero-order valence-corrected chi connectivity index (χ0v) is 20.6. The minimum Gasteiger partial charge on any atom is -0.436 e. The van der Waals surface area contributed by atoms with E-state index in [0.717, 1.165) is 49.7 Å². The third-order valence-electron chi connectivity index (χ3n) is 7.06. The number of hydrogen-bond donors (Lipinski definition) is 1. The van der Waals surface area contributed by atoms with E-state index in [2.05, 4.69) is 10.2 Å². The molecule has 2 aromatic rings. The summed E-state index contributed by atoms with van der Waals surface area (Å²) in [6.07, 6.45) is 1.82. The van der Waals surface area contributed by atoms with Gasteiger partial charge in [0, 0.05) is 44.2 Å². The van der Waals surface area contributed by atoms with Crippen LogP contribution in [0.25, 0.3) is 5.57 Å². The van der Waals surface area contributed by atoms with Crippen molar-refractivity contribution in [1.82, 2.24) is 15.1 Å². The zero-order valence-electron chi connectivity index (χ0n) is 20.6. The van der Waals surface area contributed by atoms with Crippen molar-refractivity contribution < 1.29 is 27.8 Å². The van der Waals surface area contributed by atoms with Gasteiger partial charge in [0.1, 0.15) is 11.6 Å². The fourth-order valence-electron chi connectivity index (χ4n) is 4.88. The Morgan fingerprint density at radius 1 is 1.08 bits per heavy atom. The summed E-state index contributed by atoms with van der Waals surface area (Å²) in [4.78, 5) is 30.2. The highest BCUT2D eigenvalue weighted by atomic mass is 19.1.